The van der Waals surface area contributed by atoms with Gasteiger partial charge in [-0.05, 0) is 18.2 Å². The van der Waals surface area contributed by atoms with E-state index in [0.29, 0.717) is 24.5 Å². The van der Waals surface area contributed by atoms with Crippen molar-refractivity contribution >= 4 is 11.8 Å². The molecule has 3 heterocycles. The van der Waals surface area contributed by atoms with Crippen LogP contribution in [0.4, 0.5) is 10.5 Å². The average Bonchev–Trinajstić information content (AvgIpc) is 3.40. The lowest BCUT2D eigenvalue weighted by Crippen LogP contribution is -2.34. The van der Waals surface area contributed by atoms with Crippen LogP contribution in [0.3, 0.4) is 0 Å². The highest BCUT2D eigenvalue weighted by Gasteiger charge is 2.50. The maximum absolute atomic E-state index is 12.2. The van der Waals surface area contributed by atoms with Crippen molar-refractivity contribution in [3.8, 4) is 6.07 Å². The van der Waals surface area contributed by atoms with Gasteiger partial charge in [0, 0.05) is 12.8 Å². The average molecular weight is 385 g/mol. The summed E-state index contributed by atoms with van der Waals surface area (Å²) >= 11 is 0. The molecule has 0 saturated carbocycles. The van der Waals surface area contributed by atoms with E-state index in [9.17, 15) is 4.79 Å². The van der Waals surface area contributed by atoms with Crippen molar-refractivity contribution in [2.45, 2.75) is 31.0 Å². The van der Waals surface area contributed by atoms with E-state index in [1.54, 1.807) is 42.3 Å². The van der Waals surface area contributed by atoms with E-state index < -0.39 is 12.2 Å². The second-order valence-corrected chi connectivity index (χ2v) is 6.55. The van der Waals surface area contributed by atoms with Gasteiger partial charge >= 0.3 is 6.09 Å². The minimum atomic E-state index is -0.625. The van der Waals surface area contributed by atoms with Crippen LogP contribution in [0.2, 0.25) is 0 Å². The number of carbonyl (C=O) groups is 1. The molecule has 4 rings (SSSR count). The number of nitrogens with zero attached hydrogens (tertiary/aromatic N) is 4. The molecule has 0 radical (unpaired) electrons. The van der Waals surface area contributed by atoms with Crippen molar-refractivity contribution in [3.05, 3.63) is 41.7 Å². The molecule has 146 valence electrons. The van der Waals surface area contributed by atoms with E-state index in [1.807, 2.05) is 6.07 Å². The molecule has 2 aromatic rings. The highest BCUT2D eigenvalue weighted by atomic mass is 16.6. The van der Waals surface area contributed by atoms with Crippen LogP contribution in [0.25, 0.3) is 0 Å². The SMILES string of the molecule is COCc1cn([C@@H]2CO[C@@H]3[C@@H]2OC[C@H]3OC(=O)Nc2cccc(C#N)c2)nn1. The number of methoxy groups -OCH3 is 1. The first-order chi connectivity index (χ1) is 13.7. The third kappa shape index (κ3) is 3.68. The Morgan fingerprint density at radius 1 is 1.39 bits per heavy atom. The van der Waals surface area contributed by atoms with E-state index in [0.717, 1.165) is 5.69 Å². The van der Waals surface area contributed by atoms with Gasteiger partial charge in [-0.3, -0.25) is 5.32 Å². The lowest BCUT2D eigenvalue weighted by atomic mass is 10.1. The molecule has 4 atom stereocenters. The molecule has 10 nitrogen and oxygen atoms in total. The van der Waals surface area contributed by atoms with Gasteiger partial charge in [0.25, 0.3) is 0 Å². The zero-order chi connectivity index (χ0) is 19.5. The number of nitriles is 1. The van der Waals surface area contributed by atoms with Crippen molar-refractivity contribution in [3.63, 3.8) is 0 Å². The smallest absolute Gasteiger partial charge is 0.412 e. The number of anilines is 1. The number of nitrogens with one attached hydrogen (secondary N) is 1. The van der Waals surface area contributed by atoms with Crippen LogP contribution in [0.5, 0.6) is 0 Å². The van der Waals surface area contributed by atoms with E-state index in [4.69, 9.17) is 24.2 Å². The summed E-state index contributed by atoms with van der Waals surface area (Å²) in [6.07, 6.45) is -0.0180. The Hall–Kier alpha value is -3.00. The lowest BCUT2D eigenvalue weighted by molar-refractivity contribution is 0.00770. The van der Waals surface area contributed by atoms with E-state index in [-0.39, 0.29) is 24.9 Å². The molecule has 28 heavy (non-hydrogen) atoms. The summed E-state index contributed by atoms with van der Waals surface area (Å²) in [6, 6.07) is 8.46. The predicted molar refractivity (Wildman–Crippen MR) is 94.3 cm³/mol. The van der Waals surface area contributed by atoms with Gasteiger partial charge in [-0.1, -0.05) is 11.3 Å². The lowest BCUT2D eigenvalue weighted by Gasteiger charge is -2.17. The van der Waals surface area contributed by atoms with Crippen molar-refractivity contribution in [2.75, 3.05) is 25.6 Å². The molecule has 2 aliphatic heterocycles. The fourth-order valence-corrected chi connectivity index (χ4v) is 3.41. The summed E-state index contributed by atoms with van der Waals surface area (Å²) in [5, 5.41) is 19.7. The molecular formula is C18H19N5O5. The number of carbonyl (C=O) groups excluding carboxylic acids is 1. The van der Waals surface area contributed by atoms with Gasteiger partial charge in [-0.15, -0.1) is 5.10 Å². The van der Waals surface area contributed by atoms with Crippen LogP contribution >= 0.6 is 0 Å². The fourth-order valence-electron chi connectivity index (χ4n) is 3.41. The van der Waals surface area contributed by atoms with Crippen LogP contribution in [-0.4, -0.2) is 59.7 Å². The first kappa shape index (κ1) is 18.4. The fraction of sp³-hybridized carbons (Fsp3) is 0.444. The Morgan fingerprint density at radius 3 is 3.07 bits per heavy atom. The summed E-state index contributed by atoms with van der Waals surface area (Å²) in [7, 11) is 1.59. The molecule has 2 aliphatic rings. The number of fused-ring (bicyclic) bond motifs is 1. The number of hydrogen-bond donors (Lipinski definition) is 1. The summed E-state index contributed by atoms with van der Waals surface area (Å²) in [6.45, 7) is 0.995. The van der Waals surface area contributed by atoms with E-state index in [1.165, 1.54) is 0 Å². The molecule has 0 unspecified atom stereocenters. The second-order valence-electron chi connectivity index (χ2n) is 6.55. The Bertz CT molecular complexity index is 894. The number of ether oxygens (including phenoxy) is 4. The maximum atomic E-state index is 12.2. The Kier molecular flexibility index (Phi) is 5.21. The molecule has 1 N–H and O–H groups in total. The van der Waals surface area contributed by atoms with Gasteiger partial charge in [0.1, 0.15) is 23.9 Å². The number of amides is 1. The third-order valence-electron chi connectivity index (χ3n) is 4.67. The molecular weight excluding hydrogens is 366 g/mol. The summed E-state index contributed by atoms with van der Waals surface area (Å²) < 4.78 is 23.9. The predicted octanol–water partition coefficient (Wildman–Crippen LogP) is 1.25. The van der Waals surface area contributed by atoms with Crippen molar-refractivity contribution < 1.29 is 23.7 Å². The van der Waals surface area contributed by atoms with Crippen LogP contribution in [0, 0.1) is 11.3 Å². The molecule has 1 aromatic carbocycles. The number of benzene rings is 1. The Balaban J connectivity index is 1.36. The summed E-state index contributed by atoms with van der Waals surface area (Å²) in [5.74, 6) is 0. The van der Waals surface area contributed by atoms with Gasteiger partial charge in [0.05, 0.1) is 37.7 Å². The van der Waals surface area contributed by atoms with Crippen molar-refractivity contribution in [2.24, 2.45) is 0 Å². The third-order valence-corrected chi connectivity index (χ3v) is 4.67. The molecule has 0 bridgehead atoms. The minimum absolute atomic E-state index is 0.146. The molecule has 1 amide bonds. The molecule has 10 heteroatoms. The summed E-state index contributed by atoms with van der Waals surface area (Å²) in [5.41, 5.74) is 1.65. The standard InChI is InChI=1S/C18H19N5O5/c1-25-8-13-7-23(22-21-13)14-9-26-17-15(10-27-16(14)17)28-18(24)20-12-4-2-3-11(5-12)6-19/h2-5,7,14-17H,8-10H2,1H3,(H,20,24)/t14-,15-,16-,17+/m1/s1. The molecule has 0 spiro atoms. The molecule has 0 aliphatic carbocycles. The van der Waals surface area contributed by atoms with Gasteiger partial charge in [0.15, 0.2) is 6.10 Å². The Labute approximate surface area is 160 Å². The van der Waals surface area contributed by atoms with Crippen LogP contribution in [-0.2, 0) is 25.6 Å². The molecule has 1 aromatic heterocycles. The van der Waals surface area contributed by atoms with Crippen LogP contribution < -0.4 is 5.32 Å². The zero-order valence-electron chi connectivity index (χ0n) is 15.1. The maximum Gasteiger partial charge on any atom is 0.412 e. The molecule has 2 saturated heterocycles. The minimum Gasteiger partial charge on any atom is -0.441 e. The van der Waals surface area contributed by atoms with E-state index >= 15 is 0 Å². The van der Waals surface area contributed by atoms with Crippen molar-refractivity contribution in [1.29, 1.82) is 5.26 Å². The monoisotopic (exact) mass is 385 g/mol. The molecule has 2 fully saturated rings. The van der Waals surface area contributed by atoms with Gasteiger partial charge < -0.3 is 18.9 Å². The van der Waals surface area contributed by atoms with Gasteiger partial charge in [-0.25, -0.2) is 9.48 Å². The van der Waals surface area contributed by atoms with Gasteiger partial charge in [-0.2, -0.15) is 5.26 Å². The second kappa shape index (κ2) is 7.93. The van der Waals surface area contributed by atoms with Crippen molar-refractivity contribution in [1.82, 2.24) is 15.0 Å². The number of aromatic nitrogens is 3. The quantitative estimate of drug-likeness (QED) is 0.816. The number of rotatable bonds is 5. The Morgan fingerprint density at radius 2 is 2.25 bits per heavy atom. The largest absolute Gasteiger partial charge is 0.441 e. The van der Waals surface area contributed by atoms with Crippen LogP contribution in [0.1, 0.15) is 17.3 Å². The van der Waals surface area contributed by atoms with E-state index in [2.05, 4.69) is 15.6 Å². The zero-order valence-corrected chi connectivity index (χ0v) is 15.1. The van der Waals surface area contributed by atoms with Gasteiger partial charge in [0.2, 0.25) is 0 Å². The summed E-state index contributed by atoms with van der Waals surface area (Å²) in [4.78, 5) is 12.2. The highest BCUT2D eigenvalue weighted by Crippen LogP contribution is 2.35. The number of hydrogen-bond acceptors (Lipinski definition) is 8. The van der Waals surface area contributed by atoms with Crippen LogP contribution in [0.15, 0.2) is 30.5 Å². The first-order valence-electron chi connectivity index (χ1n) is 8.78. The highest BCUT2D eigenvalue weighted by molar-refractivity contribution is 5.85. The topological polar surface area (TPSA) is 121 Å². The normalized spacial score (nSPS) is 25.9. The first-order valence-corrected chi connectivity index (χ1v) is 8.78.